The average Bonchev–Trinajstić information content (AvgIpc) is 2.75. The van der Waals surface area contributed by atoms with E-state index in [0.717, 1.165) is 16.8 Å². The van der Waals surface area contributed by atoms with Gasteiger partial charge in [-0.1, -0.05) is 5.16 Å². The van der Waals surface area contributed by atoms with Crippen LogP contribution < -0.4 is 11.1 Å². The number of ether oxygens (including phenoxy) is 1. The topological polar surface area (TPSA) is 103 Å². The third kappa shape index (κ3) is 4.21. The van der Waals surface area contributed by atoms with Crippen molar-refractivity contribution in [2.75, 3.05) is 17.6 Å². The Balaban J connectivity index is 2.10. The lowest BCUT2D eigenvalue weighted by atomic mass is 10.1. The highest BCUT2D eigenvalue weighted by molar-refractivity contribution is 5.79. The lowest BCUT2D eigenvalue weighted by Gasteiger charge is -2.19. The number of anilines is 2. The molecular weight excluding hydrogens is 296 g/mol. The molecule has 0 fully saturated rings. The van der Waals surface area contributed by atoms with Gasteiger partial charge in [0.1, 0.15) is 23.7 Å². The smallest absolute Gasteiger partial charge is 0.325 e. The number of rotatable bonds is 4. The normalized spacial score (nSPS) is 11.3. The molecular formula is C16H22N4O3. The number of pyridine rings is 1. The average molecular weight is 318 g/mol. The number of carbonyl (C=O) groups is 1. The summed E-state index contributed by atoms with van der Waals surface area (Å²) in [6, 6.07) is 1.77. The van der Waals surface area contributed by atoms with Crippen LogP contribution in [0.25, 0.3) is 11.1 Å². The zero-order valence-corrected chi connectivity index (χ0v) is 14.1. The van der Waals surface area contributed by atoms with E-state index < -0.39 is 5.60 Å². The molecule has 0 aliphatic rings. The summed E-state index contributed by atoms with van der Waals surface area (Å²) in [5.41, 5.74) is 8.40. The maximum Gasteiger partial charge on any atom is 0.325 e. The van der Waals surface area contributed by atoms with Crippen LogP contribution >= 0.6 is 0 Å². The molecule has 7 heteroatoms. The fourth-order valence-corrected chi connectivity index (χ4v) is 2.19. The predicted octanol–water partition coefficient (Wildman–Crippen LogP) is 2.69. The highest BCUT2D eigenvalue weighted by atomic mass is 16.6. The first-order chi connectivity index (χ1) is 10.7. The Morgan fingerprint density at radius 2 is 2.09 bits per heavy atom. The number of nitrogens with zero attached hydrogens (tertiary/aromatic N) is 2. The SMILES string of the molecule is Cc1noc(C)c1-c1cnc(NCC(=O)OC(C)(C)C)c(N)c1. The monoisotopic (exact) mass is 318 g/mol. The zero-order valence-electron chi connectivity index (χ0n) is 14.1. The summed E-state index contributed by atoms with van der Waals surface area (Å²) in [6.07, 6.45) is 1.67. The molecule has 124 valence electrons. The Bertz CT molecular complexity index is 697. The first-order valence-corrected chi connectivity index (χ1v) is 7.32. The van der Waals surface area contributed by atoms with Crippen LogP contribution in [-0.2, 0) is 9.53 Å². The summed E-state index contributed by atoms with van der Waals surface area (Å²) in [4.78, 5) is 16.0. The zero-order chi connectivity index (χ0) is 17.2. The molecule has 3 N–H and O–H groups in total. The molecule has 0 amide bonds. The minimum Gasteiger partial charge on any atom is -0.459 e. The first-order valence-electron chi connectivity index (χ1n) is 7.32. The number of aryl methyl sites for hydroxylation is 2. The summed E-state index contributed by atoms with van der Waals surface area (Å²) >= 11 is 0. The van der Waals surface area contributed by atoms with Crippen LogP contribution in [0.3, 0.4) is 0 Å². The molecule has 0 atom stereocenters. The number of esters is 1. The van der Waals surface area contributed by atoms with Crippen molar-refractivity contribution < 1.29 is 14.1 Å². The largest absolute Gasteiger partial charge is 0.459 e. The summed E-state index contributed by atoms with van der Waals surface area (Å²) in [7, 11) is 0. The van der Waals surface area contributed by atoms with Gasteiger partial charge in [0.05, 0.1) is 11.4 Å². The second kappa shape index (κ2) is 6.28. The fraction of sp³-hybridized carbons (Fsp3) is 0.438. The molecule has 7 nitrogen and oxygen atoms in total. The molecule has 0 saturated carbocycles. The molecule has 0 saturated heterocycles. The molecule has 0 aliphatic carbocycles. The first kappa shape index (κ1) is 16.8. The molecule has 0 radical (unpaired) electrons. The van der Waals surface area contributed by atoms with Crippen molar-refractivity contribution in [1.82, 2.24) is 10.1 Å². The van der Waals surface area contributed by atoms with E-state index in [0.29, 0.717) is 17.3 Å². The Morgan fingerprint density at radius 3 is 2.61 bits per heavy atom. The quantitative estimate of drug-likeness (QED) is 0.835. The minimum atomic E-state index is -0.523. The third-order valence-corrected chi connectivity index (χ3v) is 3.06. The highest BCUT2D eigenvalue weighted by Gasteiger charge is 2.17. The van der Waals surface area contributed by atoms with Gasteiger partial charge >= 0.3 is 5.97 Å². The van der Waals surface area contributed by atoms with Crippen LogP contribution in [0, 0.1) is 13.8 Å². The number of carbonyl (C=O) groups excluding carboxylic acids is 1. The van der Waals surface area contributed by atoms with Crippen LogP contribution in [0.2, 0.25) is 0 Å². The van der Waals surface area contributed by atoms with Crippen LogP contribution in [-0.4, -0.2) is 28.3 Å². The van der Waals surface area contributed by atoms with Crippen molar-refractivity contribution in [2.45, 2.75) is 40.2 Å². The van der Waals surface area contributed by atoms with Crippen LogP contribution in [0.1, 0.15) is 32.2 Å². The molecule has 2 rings (SSSR count). The van der Waals surface area contributed by atoms with Gasteiger partial charge in [0.2, 0.25) is 0 Å². The minimum absolute atomic E-state index is 0.000855. The van der Waals surface area contributed by atoms with Crippen molar-refractivity contribution in [2.24, 2.45) is 0 Å². The van der Waals surface area contributed by atoms with E-state index in [1.165, 1.54) is 0 Å². The van der Waals surface area contributed by atoms with Gasteiger partial charge < -0.3 is 20.3 Å². The van der Waals surface area contributed by atoms with Gasteiger partial charge in [0.25, 0.3) is 0 Å². The number of hydrogen-bond donors (Lipinski definition) is 2. The van der Waals surface area contributed by atoms with Gasteiger partial charge in [0, 0.05) is 17.3 Å². The molecule has 2 aromatic heterocycles. The van der Waals surface area contributed by atoms with Crippen LogP contribution in [0.4, 0.5) is 11.5 Å². The van der Waals surface area contributed by atoms with E-state index in [-0.39, 0.29) is 12.5 Å². The van der Waals surface area contributed by atoms with Gasteiger partial charge in [-0.25, -0.2) is 4.98 Å². The van der Waals surface area contributed by atoms with Crippen LogP contribution in [0.5, 0.6) is 0 Å². The van der Waals surface area contributed by atoms with Gasteiger partial charge in [-0.3, -0.25) is 4.79 Å². The van der Waals surface area contributed by atoms with E-state index in [9.17, 15) is 4.79 Å². The number of nitrogen functional groups attached to an aromatic ring is 1. The molecule has 23 heavy (non-hydrogen) atoms. The van der Waals surface area contributed by atoms with Crippen molar-refractivity contribution in [3.05, 3.63) is 23.7 Å². The van der Waals surface area contributed by atoms with Crippen molar-refractivity contribution in [3.8, 4) is 11.1 Å². The van der Waals surface area contributed by atoms with Gasteiger partial charge in [-0.2, -0.15) is 0 Å². The Morgan fingerprint density at radius 1 is 1.39 bits per heavy atom. The lowest BCUT2D eigenvalue weighted by molar-refractivity contribution is -0.152. The summed E-state index contributed by atoms with van der Waals surface area (Å²) in [5, 5.41) is 6.81. The van der Waals surface area contributed by atoms with Gasteiger partial charge in [0.15, 0.2) is 0 Å². The molecule has 0 spiro atoms. The van der Waals surface area contributed by atoms with Crippen molar-refractivity contribution in [3.63, 3.8) is 0 Å². The molecule has 0 aromatic carbocycles. The van der Waals surface area contributed by atoms with E-state index >= 15 is 0 Å². The van der Waals surface area contributed by atoms with Crippen molar-refractivity contribution >= 4 is 17.5 Å². The molecule has 2 aromatic rings. The predicted molar refractivity (Wildman–Crippen MR) is 88.0 cm³/mol. The standard InChI is InChI=1S/C16H22N4O3/c1-9-14(10(2)23-20-9)11-6-12(17)15(18-7-11)19-8-13(21)22-16(3,4)5/h6-7H,8,17H2,1-5H3,(H,18,19). The Hall–Kier alpha value is -2.57. The highest BCUT2D eigenvalue weighted by Crippen LogP contribution is 2.29. The molecule has 0 bridgehead atoms. The fourth-order valence-electron chi connectivity index (χ4n) is 2.19. The van der Waals surface area contributed by atoms with E-state index in [2.05, 4.69) is 15.5 Å². The number of hydrogen-bond acceptors (Lipinski definition) is 7. The van der Waals surface area contributed by atoms with Gasteiger partial charge in [-0.15, -0.1) is 0 Å². The third-order valence-electron chi connectivity index (χ3n) is 3.06. The lowest BCUT2D eigenvalue weighted by Crippen LogP contribution is -2.28. The number of nitrogens with two attached hydrogens (primary N) is 1. The molecule has 0 aliphatic heterocycles. The summed E-state index contributed by atoms with van der Waals surface area (Å²) in [6.45, 7) is 9.14. The van der Waals surface area contributed by atoms with Crippen molar-refractivity contribution in [1.29, 1.82) is 0 Å². The molecule has 0 unspecified atom stereocenters. The Labute approximate surface area is 135 Å². The second-order valence-electron chi connectivity index (χ2n) is 6.30. The van der Waals surface area contributed by atoms with E-state index in [1.807, 2.05) is 34.6 Å². The van der Waals surface area contributed by atoms with E-state index in [1.54, 1.807) is 12.3 Å². The summed E-state index contributed by atoms with van der Waals surface area (Å²) < 4.78 is 10.4. The maximum atomic E-state index is 11.7. The molecule has 2 heterocycles. The van der Waals surface area contributed by atoms with E-state index in [4.69, 9.17) is 15.0 Å². The number of aromatic nitrogens is 2. The van der Waals surface area contributed by atoms with Crippen LogP contribution in [0.15, 0.2) is 16.8 Å². The van der Waals surface area contributed by atoms with Gasteiger partial charge in [-0.05, 0) is 40.7 Å². The summed E-state index contributed by atoms with van der Waals surface area (Å²) in [5.74, 6) is 0.776. The number of nitrogens with one attached hydrogen (secondary N) is 1. The maximum absolute atomic E-state index is 11.7. The Kier molecular flexibility index (Phi) is 4.58. The second-order valence-corrected chi connectivity index (χ2v) is 6.30.